The van der Waals surface area contributed by atoms with E-state index in [0.29, 0.717) is 5.69 Å². The SMILES string of the molecule is Fc1cc(-c2ccccc2)cc(-c2ccccc2)c1N(c1ccccc1)c1ccc(-c2ccc3c(c2)sc2c4ccc(N(c5ccccc5)c5ccccc5)cc4c4ccccc4c32)cc1. The standard InChI is InChI=1S/C62H41FN2S/c63-58-39-46(42-18-6-1-7-19-42)38-56(44-20-8-2-9-21-44)61(58)65(49-26-14-5-15-27-49)50-33-30-43(31-34-50)45-32-36-55-59(40-45)66-62-54-37-35-51(41-57(54)52-28-16-17-29-53(52)60(55)62)64(47-22-10-3-11-23-47)48-24-12-4-13-25-48/h1-41H. The summed E-state index contributed by atoms with van der Waals surface area (Å²) in [5.41, 5.74) is 11.4. The van der Waals surface area contributed by atoms with Crippen molar-refractivity contribution in [3.8, 4) is 33.4 Å². The van der Waals surface area contributed by atoms with E-state index in [9.17, 15) is 0 Å². The van der Waals surface area contributed by atoms with Gasteiger partial charge in [-0.2, -0.15) is 0 Å². The maximum atomic E-state index is 17.0. The number of para-hydroxylation sites is 3. The molecule has 4 heteroatoms. The van der Waals surface area contributed by atoms with Crippen LogP contribution in [-0.2, 0) is 0 Å². The Morgan fingerprint density at radius 2 is 0.788 bits per heavy atom. The molecule has 0 saturated heterocycles. The van der Waals surface area contributed by atoms with Crippen molar-refractivity contribution < 1.29 is 4.39 Å². The fraction of sp³-hybridized carbons (Fsp3) is 0. The summed E-state index contributed by atoms with van der Waals surface area (Å²) in [5, 5.41) is 7.53. The Bertz CT molecular complexity index is 3650. The number of fused-ring (bicyclic) bond motifs is 8. The van der Waals surface area contributed by atoms with Gasteiger partial charge in [-0.25, -0.2) is 4.39 Å². The molecule has 0 N–H and O–H groups in total. The average molecular weight is 865 g/mol. The van der Waals surface area contributed by atoms with Crippen molar-refractivity contribution in [3.05, 3.63) is 255 Å². The number of hydrogen-bond acceptors (Lipinski definition) is 3. The summed E-state index contributed by atoms with van der Waals surface area (Å²) in [5.74, 6) is -0.292. The zero-order valence-electron chi connectivity index (χ0n) is 35.9. The van der Waals surface area contributed by atoms with Crippen molar-refractivity contribution in [2.75, 3.05) is 9.80 Å². The fourth-order valence-corrected chi connectivity index (χ4v) is 10.9. The largest absolute Gasteiger partial charge is 0.310 e. The normalized spacial score (nSPS) is 11.4. The maximum absolute atomic E-state index is 17.0. The lowest BCUT2D eigenvalue weighted by Gasteiger charge is -2.29. The molecule has 0 aliphatic rings. The molecule has 0 unspecified atom stereocenters. The molecule has 0 bridgehead atoms. The van der Waals surface area contributed by atoms with Gasteiger partial charge in [0.25, 0.3) is 0 Å². The molecule has 12 rings (SSSR count). The second kappa shape index (κ2) is 16.7. The van der Waals surface area contributed by atoms with Gasteiger partial charge in [0, 0.05) is 59.6 Å². The molecule has 312 valence electrons. The average Bonchev–Trinajstić information content (AvgIpc) is 3.78. The predicted molar refractivity (Wildman–Crippen MR) is 280 cm³/mol. The molecule has 1 aromatic heterocycles. The second-order valence-electron chi connectivity index (χ2n) is 16.6. The number of thiophene rings is 1. The molecule has 0 saturated carbocycles. The highest BCUT2D eigenvalue weighted by Crippen LogP contribution is 2.48. The van der Waals surface area contributed by atoms with Crippen molar-refractivity contribution in [2.45, 2.75) is 0 Å². The van der Waals surface area contributed by atoms with Crippen LogP contribution in [0, 0.1) is 5.82 Å². The first kappa shape index (κ1) is 39.3. The minimum atomic E-state index is -0.292. The summed E-state index contributed by atoms with van der Waals surface area (Å²) >= 11 is 1.86. The first-order chi connectivity index (χ1) is 32.7. The van der Waals surface area contributed by atoms with Crippen molar-refractivity contribution in [2.24, 2.45) is 0 Å². The van der Waals surface area contributed by atoms with Crippen molar-refractivity contribution in [1.82, 2.24) is 0 Å². The highest BCUT2D eigenvalue weighted by Gasteiger charge is 2.24. The topological polar surface area (TPSA) is 6.48 Å². The monoisotopic (exact) mass is 864 g/mol. The molecule has 0 spiro atoms. The number of benzene rings is 11. The first-order valence-electron chi connectivity index (χ1n) is 22.3. The molecule has 0 amide bonds. The molecule has 0 atom stereocenters. The van der Waals surface area contributed by atoms with E-state index in [1.54, 1.807) is 6.07 Å². The Kier molecular flexibility index (Phi) is 9.93. The zero-order valence-corrected chi connectivity index (χ0v) is 36.7. The van der Waals surface area contributed by atoms with Crippen LogP contribution in [0.1, 0.15) is 0 Å². The minimum absolute atomic E-state index is 0.292. The van der Waals surface area contributed by atoms with Gasteiger partial charge >= 0.3 is 0 Å². The van der Waals surface area contributed by atoms with Gasteiger partial charge in [0.05, 0.1) is 5.69 Å². The lowest BCUT2D eigenvalue weighted by molar-refractivity contribution is 0.630. The summed E-state index contributed by atoms with van der Waals surface area (Å²) in [6.45, 7) is 0. The smallest absolute Gasteiger partial charge is 0.148 e. The van der Waals surface area contributed by atoms with Crippen LogP contribution in [0.25, 0.3) is 75.1 Å². The van der Waals surface area contributed by atoms with Crippen LogP contribution in [0.4, 0.5) is 38.5 Å². The van der Waals surface area contributed by atoms with Gasteiger partial charge in [-0.15, -0.1) is 11.3 Å². The predicted octanol–water partition coefficient (Wildman–Crippen LogP) is 18.4. The first-order valence-corrected chi connectivity index (χ1v) is 23.1. The summed E-state index contributed by atoms with van der Waals surface area (Å²) in [7, 11) is 0. The Labute approximate surface area is 387 Å². The summed E-state index contributed by atoms with van der Waals surface area (Å²) in [6.07, 6.45) is 0. The van der Waals surface area contributed by atoms with Gasteiger partial charge in [-0.05, 0) is 123 Å². The van der Waals surface area contributed by atoms with Crippen molar-refractivity contribution in [1.29, 1.82) is 0 Å². The molecule has 0 fully saturated rings. The second-order valence-corrected chi connectivity index (χ2v) is 17.7. The quantitative estimate of drug-likeness (QED) is 0.133. The number of hydrogen-bond donors (Lipinski definition) is 0. The number of nitrogens with zero attached hydrogens (tertiary/aromatic N) is 2. The van der Waals surface area contributed by atoms with E-state index in [1.807, 2.05) is 95.1 Å². The maximum Gasteiger partial charge on any atom is 0.148 e. The zero-order chi connectivity index (χ0) is 44.0. The third-order valence-corrected chi connectivity index (χ3v) is 13.8. The molecule has 0 aliphatic heterocycles. The lowest BCUT2D eigenvalue weighted by Crippen LogP contribution is -2.13. The number of rotatable bonds is 9. The lowest BCUT2D eigenvalue weighted by atomic mass is 9.95. The fourth-order valence-electron chi connectivity index (χ4n) is 9.61. The van der Waals surface area contributed by atoms with Crippen LogP contribution in [0.3, 0.4) is 0 Å². The third-order valence-electron chi connectivity index (χ3n) is 12.7. The molecule has 0 aliphatic carbocycles. The van der Waals surface area contributed by atoms with Crippen molar-refractivity contribution >= 4 is 87.2 Å². The molecular weight excluding hydrogens is 824 g/mol. The molecular formula is C62H41FN2S. The highest BCUT2D eigenvalue weighted by molar-refractivity contribution is 7.27. The molecule has 66 heavy (non-hydrogen) atoms. The molecule has 1 heterocycles. The number of anilines is 6. The van der Waals surface area contributed by atoms with E-state index in [-0.39, 0.29) is 5.82 Å². The van der Waals surface area contributed by atoms with Gasteiger partial charge in [0.1, 0.15) is 5.82 Å². The van der Waals surface area contributed by atoms with Gasteiger partial charge in [0.15, 0.2) is 0 Å². The van der Waals surface area contributed by atoms with Crippen LogP contribution in [-0.4, -0.2) is 0 Å². The van der Waals surface area contributed by atoms with E-state index in [0.717, 1.165) is 61.8 Å². The summed E-state index contributed by atoms with van der Waals surface area (Å²) < 4.78 is 19.6. The van der Waals surface area contributed by atoms with Crippen LogP contribution < -0.4 is 9.80 Å². The van der Waals surface area contributed by atoms with E-state index >= 15 is 4.39 Å². The van der Waals surface area contributed by atoms with Gasteiger partial charge < -0.3 is 9.80 Å². The van der Waals surface area contributed by atoms with E-state index in [2.05, 4.69) is 169 Å². The molecule has 12 aromatic rings. The molecule has 0 radical (unpaired) electrons. The van der Waals surface area contributed by atoms with Crippen molar-refractivity contribution in [3.63, 3.8) is 0 Å². The summed E-state index contributed by atoms with van der Waals surface area (Å²) in [4.78, 5) is 4.38. The molecule has 11 aromatic carbocycles. The van der Waals surface area contributed by atoms with Gasteiger partial charge in [-0.1, -0.05) is 170 Å². The van der Waals surface area contributed by atoms with E-state index in [1.165, 1.54) is 41.7 Å². The Balaban J connectivity index is 0.964. The minimum Gasteiger partial charge on any atom is -0.310 e. The van der Waals surface area contributed by atoms with Crippen LogP contribution >= 0.6 is 11.3 Å². The van der Waals surface area contributed by atoms with Gasteiger partial charge in [0.2, 0.25) is 0 Å². The Hall–Kier alpha value is -8.31. The Morgan fingerprint density at radius 3 is 1.42 bits per heavy atom. The van der Waals surface area contributed by atoms with Gasteiger partial charge in [-0.3, -0.25) is 0 Å². The van der Waals surface area contributed by atoms with Crippen LogP contribution in [0.2, 0.25) is 0 Å². The summed E-state index contributed by atoms with van der Waals surface area (Å²) in [6, 6.07) is 86.4. The highest BCUT2D eigenvalue weighted by atomic mass is 32.1. The Morgan fingerprint density at radius 1 is 0.303 bits per heavy atom. The van der Waals surface area contributed by atoms with E-state index in [4.69, 9.17) is 0 Å². The number of halogens is 1. The van der Waals surface area contributed by atoms with Crippen LogP contribution in [0.5, 0.6) is 0 Å². The third kappa shape index (κ3) is 6.96. The van der Waals surface area contributed by atoms with Crippen LogP contribution in [0.15, 0.2) is 249 Å². The van der Waals surface area contributed by atoms with E-state index < -0.39 is 0 Å². The molecule has 2 nitrogen and oxygen atoms in total.